The molecular weight excluding hydrogens is 372 g/mol. The van der Waals surface area contributed by atoms with E-state index in [1.807, 2.05) is 43.3 Å². The summed E-state index contributed by atoms with van der Waals surface area (Å²) in [4.78, 5) is 30.9. The number of aryl methyl sites for hydroxylation is 1. The Morgan fingerprint density at radius 3 is 2.45 bits per heavy atom. The van der Waals surface area contributed by atoms with Crippen LogP contribution in [0.25, 0.3) is 0 Å². The Kier molecular flexibility index (Phi) is 7.37. The number of para-hydroxylation sites is 1. The summed E-state index contributed by atoms with van der Waals surface area (Å²) in [7, 11) is 0. The zero-order valence-electron chi connectivity index (χ0n) is 17.0. The number of nitrogens with zero attached hydrogens (tertiary/aromatic N) is 4. The zero-order chi connectivity index (χ0) is 20.6. The van der Waals surface area contributed by atoms with Crippen LogP contribution >= 0.6 is 0 Å². The number of ether oxygens (including phenoxy) is 1. The second kappa shape index (κ2) is 10.2. The number of amides is 1. The Hall–Kier alpha value is -2.71. The highest BCUT2D eigenvalue weighted by atomic mass is 16.5. The third-order valence-corrected chi connectivity index (χ3v) is 4.85. The van der Waals surface area contributed by atoms with Crippen molar-refractivity contribution in [2.45, 2.75) is 20.4 Å². The summed E-state index contributed by atoms with van der Waals surface area (Å²) in [5.41, 5.74) is 1.63. The Balaban J connectivity index is 1.54. The van der Waals surface area contributed by atoms with E-state index >= 15 is 0 Å². The Morgan fingerprint density at radius 2 is 1.83 bits per heavy atom. The molecule has 2 aromatic rings. The fourth-order valence-corrected chi connectivity index (χ4v) is 3.37. The summed E-state index contributed by atoms with van der Waals surface area (Å²) in [6.45, 7) is 8.13. The lowest BCUT2D eigenvalue weighted by molar-refractivity contribution is -0.142. The molecule has 1 aromatic carbocycles. The van der Waals surface area contributed by atoms with E-state index in [0.29, 0.717) is 12.3 Å². The molecule has 29 heavy (non-hydrogen) atoms. The van der Waals surface area contributed by atoms with Crippen LogP contribution in [-0.4, -0.2) is 72.7 Å². The van der Waals surface area contributed by atoms with E-state index in [2.05, 4.69) is 15.0 Å². The SMILES string of the molecule is CCOC(=O)CN(C(=O)CN1CCN(Cc2cc(C)on2)CC1)c1ccccc1. The number of rotatable bonds is 8. The van der Waals surface area contributed by atoms with E-state index in [9.17, 15) is 9.59 Å². The van der Waals surface area contributed by atoms with Crippen molar-refractivity contribution in [2.75, 3.05) is 50.8 Å². The van der Waals surface area contributed by atoms with Gasteiger partial charge in [0.1, 0.15) is 12.3 Å². The fourth-order valence-electron chi connectivity index (χ4n) is 3.37. The van der Waals surface area contributed by atoms with E-state index in [-0.39, 0.29) is 19.0 Å². The third-order valence-electron chi connectivity index (χ3n) is 4.85. The molecule has 0 saturated carbocycles. The number of hydrogen-bond donors (Lipinski definition) is 0. The minimum absolute atomic E-state index is 0.0812. The molecule has 1 amide bonds. The Labute approximate surface area is 171 Å². The molecule has 0 radical (unpaired) electrons. The summed E-state index contributed by atoms with van der Waals surface area (Å²) < 4.78 is 10.2. The zero-order valence-corrected chi connectivity index (χ0v) is 17.0. The first kappa shape index (κ1) is 21.0. The summed E-state index contributed by atoms with van der Waals surface area (Å²) in [5.74, 6) is 0.300. The van der Waals surface area contributed by atoms with E-state index in [0.717, 1.165) is 44.2 Å². The smallest absolute Gasteiger partial charge is 0.326 e. The topological polar surface area (TPSA) is 79.1 Å². The van der Waals surface area contributed by atoms with E-state index in [1.54, 1.807) is 6.92 Å². The molecule has 1 aliphatic rings. The van der Waals surface area contributed by atoms with Crippen molar-refractivity contribution in [1.82, 2.24) is 15.0 Å². The molecule has 0 N–H and O–H groups in total. The van der Waals surface area contributed by atoms with Crippen LogP contribution in [0.3, 0.4) is 0 Å². The first-order valence-electron chi connectivity index (χ1n) is 9.93. The number of carbonyl (C=O) groups excluding carboxylic acids is 2. The number of hydrogen-bond acceptors (Lipinski definition) is 7. The molecule has 0 atom stereocenters. The molecular formula is C21H28N4O4. The quantitative estimate of drug-likeness (QED) is 0.624. The van der Waals surface area contributed by atoms with Crippen molar-refractivity contribution in [1.29, 1.82) is 0 Å². The molecule has 8 nitrogen and oxygen atoms in total. The average Bonchev–Trinajstić information content (AvgIpc) is 3.13. The van der Waals surface area contributed by atoms with Crippen molar-refractivity contribution < 1.29 is 18.8 Å². The van der Waals surface area contributed by atoms with Crippen molar-refractivity contribution in [2.24, 2.45) is 0 Å². The minimum Gasteiger partial charge on any atom is -0.465 e. The number of benzene rings is 1. The third kappa shape index (κ3) is 6.13. The van der Waals surface area contributed by atoms with Gasteiger partial charge in [0.15, 0.2) is 0 Å². The molecule has 2 heterocycles. The summed E-state index contributed by atoms with van der Waals surface area (Å²) in [5, 5.41) is 4.04. The number of esters is 1. The predicted molar refractivity (Wildman–Crippen MR) is 108 cm³/mol. The molecule has 1 aliphatic heterocycles. The highest BCUT2D eigenvalue weighted by Crippen LogP contribution is 2.15. The van der Waals surface area contributed by atoms with E-state index in [4.69, 9.17) is 9.26 Å². The largest absolute Gasteiger partial charge is 0.465 e. The van der Waals surface area contributed by atoms with Crippen molar-refractivity contribution in [3.63, 3.8) is 0 Å². The number of aromatic nitrogens is 1. The van der Waals surface area contributed by atoms with Gasteiger partial charge in [0.25, 0.3) is 0 Å². The van der Waals surface area contributed by atoms with Crippen LogP contribution in [0.5, 0.6) is 0 Å². The van der Waals surface area contributed by atoms with Gasteiger partial charge in [0, 0.05) is 44.5 Å². The lowest BCUT2D eigenvalue weighted by Crippen LogP contribution is -2.50. The molecule has 1 aromatic heterocycles. The maximum absolute atomic E-state index is 13.0. The van der Waals surface area contributed by atoms with Gasteiger partial charge < -0.3 is 14.2 Å². The van der Waals surface area contributed by atoms with E-state index < -0.39 is 5.97 Å². The number of piperazine rings is 1. The van der Waals surface area contributed by atoms with Gasteiger partial charge in [-0.15, -0.1) is 0 Å². The van der Waals surface area contributed by atoms with Gasteiger partial charge in [0.2, 0.25) is 5.91 Å². The van der Waals surface area contributed by atoms with Crippen LogP contribution in [0, 0.1) is 6.92 Å². The molecule has 8 heteroatoms. The first-order valence-corrected chi connectivity index (χ1v) is 9.93. The number of carbonyl (C=O) groups is 2. The summed E-state index contributed by atoms with van der Waals surface area (Å²) in [6, 6.07) is 11.2. The first-order chi connectivity index (χ1) is 14.0. The van der Waals surface area contributed by atoms with Crippen molar-refractivity contribution >= 4 is 17.6 Å². The molecule has 0 aliphatic carbocycles. The molecule has 156 valence electrons. The maximum atomic E-state index is 13.0. The summed E-state index contributed by atoms with van der Waals surface area (Å²) in [6.07, 6.45) is 0. The van der Waals surface area contributed by atoms with Gasteiger partial charge in [-0.2, -0.15) is 0 Å². The Bertz CT molecular complexity index is 800. The second-order valence-electron chi connectivity index (χ2n) is 7.10. The van der Waals surface area contributed by atoms with Crippen LogP contribution in [-0.2, 0) is 20.9 Å². The van der Waals surface area contributed by atoms with Crippen LogP contribution in [0.2, 0.25) is 0 Å². The molecule has 0 spiro atoms. The normalized spacial score (nSPS) is 15.2. The molecule has 0 unspecified atom stereocenters. The lowest BCUT2D eigenvalue weighted by atomic mass is 10.2. The van der Waals surface area contributed by atoms with Gasteiger partial charge in [-0.25, -0.2) is 0 Å². The van der Waals surface area contributed by atoms with Gasteiger partial charge in [-0.1, -0.05) is 23.4 Å². The Morgan fingerprint density at radius 1 is 1.14 bits per heavy atom. The standard InChI is InChI=1S/C21H28N4O4/c1-3-28-21(27)16-25(19-7-5-4-6-8-19)20(26)15-24-11-9-23(10-12-24)14-18-13-17(2)29-22-18/h4-8,13H,3,9-12,14-16H2,1-2H3. The molecule has 3 rings (SSSR count). The lowest BCUT2D eigenvalue weighted by Gasteiger charge is -2.34. The van der Waals surface area contributed by atoms with Crippen molar-refractivity contribution in [3.8, 4) is 0 Å². The van der Waals surface area contributed by atoms with Gasteiger partial charge in [0.05, 0.1) is 18.8 Å². The predicted octanol–water partition coefficient (Wildman–Crippen LogP) is 1.70. The molecule has 1 fully saturated rings. The second-order valence-corrected chi connectivity index (χ2v) is 7.10. The highest BCUT2D eigenvalue weighted by molar-refractivity contribution is 5.98. The average molecular weight is 400 g/mol. The monoisotopic (exact) mass is 400 g/mol. The number of anilines is 1. The summed E-state index contributed by atoms with van der Waals surface area (Å²) >= 11 is 0. The van der Waals surface area contributed by atoms with Crippen LogP contribution in [0.4, 0.5) is 5.69 Å². The van der Waals surface area contributed by atoms with Gasteiger partial charge in [-0.05, 0) is 26.0 Å². The van der Waals surface area contributed by atoms with E-state index in [1.165, 1.54) is 4.90 Å². The fraction of sp³-hybridized carbons (Fsp3) is 0.476. The van der Waals surface area contributed by atoms with Crippen LogP contribution in [0.1, 0.15) is 18.4 Å². The molecule has 1 saturated heterocycles. The molecule has 0 bridgehead atoms. The minimum atomic E-state index is -0.405. The van der Waals surface area contributed by atoms with Gasteiger partial charge >= 0.3 is 5.97 Å². The maximum Gasteiger partial charge on any atom is 0.326 e. The highest BCUT2D eigenvalue weighted by Gasteiger charge is 2.25. The van der Waals surface area contributed by atoms with Crippen LogP contribution in [0.15, 0.2) is 40.9 Å². The van der Waals surface area contributed by atoms with Crippen molar-refractivity contribution in [3.05, 3.63) is 47.9 Å². The van der Waals surface area contributed by atoms with Gasteiger partial charge in [-0.3, -0.25) is 19.4 Å². The van der Waals surface area contributed by atoms with Crippen LogP contribution < -0.4 is 4.90 Å².